The number of nitrogens with one attached hydrogen (secondary N) is 6. The van der Waals surface area contributed by atoms with Gasteiger partial charge in [0.05, 0.1) is 43.2 Å². The number of unbranched alkanes of at least 4 members (excludes halogenated alkanes) is 4. The lowest BCUT2D eigenvalue weighted by atomic mass is 9.98. The summed E-state index contributed by atoms with van der Waals surface area (Å²) in [7, 11) is -3.22. The number of fused-ring (bicyclic) bond motifs is 2. The minimum absolute atomic E-state index is 0.0133. The fourth-order valence-corrected chi connectivity index (χ4v) is 12.3. The lowest BCUT2D eigenvalue weighted by Crippen LogP contribution is -2.64. The quantitative estimate of drug-likeness (QED) is 0.0114. The maximum atomic E-state index is 14.8. The van der Waals surface area contributed by atoms with Crippen LogP contribution in [0.5, 0.6) is 17.2 Å². The molecule has 7 rings (SSSR count). The summed E-state index contributed by atoms with van der Waals surface area (Å²) in [6.07, 6.45) is -8.41. The Morgan fingerprint density at radius 3 is 2.04 bits per heavy atom. The predicted octanol–water partition coefficient (Wildman–Crippen LogP) is -1.35. The van der Waals surface area contributed by atoms with Gasteiger partial charge in [0.15, 0.2) is 11.5 Å². The van der Waals surface area contributed by atoms with Crippen molar-refractivity contribution in [3.8, 4) is 38.4 Å². The van der Waals surface area contributed by atoms with Crippen molar-refractivity contribution < 1.29 is 111 Å². The van der Waals surface area contributed by atoms with Gasteiger partial charge < -0.3 is 85.8 Å². The molecule has 33 nitrogen and oxygen atoms in total. The van der Waals surface area contributed by atoms with Crippen LogP contribution in [0.1, 0.15) is 81.1 Å². The number of methoxy groups -OCH3 is 1. The van der Waals surface area contributed by atoms with Gasteiger partial charge >= 0.3 is 10.3 Å². The summed E-state index contributed by atoms with van der Waals surface area (Å²) < 4.78 is 54.6. The van der Waals surface area contributed by atoms with Gasteiger partial charge in [0.1, 0.15) is 52.0 Å². The molecule has 3 saturated heterocycles. The highest BCUT2D eigenvalue weighted by molar-refractivity contribution is 7.90. The smallest absolute Gasteiger partial charge is 0.333 e. The fraction of sp³-hybridized carbons (Fsp3) is 0.534. The average molecular weight is 1380 g/mol. The molecule has 0 aliphatic carbocycles. The Bertz CT molecular complexity index is 3340. The molecule has 4 aromatic rings. The largest absolute Gasteiger partial charge is 0.504 e. The maximum absolute atomic E-state index is 14.8. The number of nitrogens with zero attached hydrogens (tertiary/aromatic N) is 4. The number of aliphatic hydroxyl groups is 6. The first-order valence-corrected chi connectivity index (χ1v) is 32.9. The second kappa shape index (κ2) is 34.9. The number of aromatic hydroxyl groups is 1. The summed E-state index contributed by atoms with van der Waals surface area (Å²) in [4.78, 5) is 103. The Morgan fingerprint density at radius 1 is 0.766 bits per heavy atom. The van der Waals surface area contributed by atoms with E-state index in [4.69, 9.17) is 18.9 Å². The molecule has 0 bridgehead atoms. The van der Waals surface area contributed by atoms with Gasteiger partial charge in [-0.25, -0.2) is 5.26 Å². The molecule has 0 radical (unpaired) electrons. The SMILES string of the molecule is COCCCCCCCOc1ccc(-c2nnc(-c3ccc(C(=O)N[C@H]4C[C@H](O)CNC(=O)[C@@H]5[C@@H](O)[C@H](C)CN5C(=O)[C@H]([C@H](O)CCNS(=O)(=O)O)NC(=O)[C@H]([C@H](O)Cc5ccc(O)c(OSOOO)c5)NC(=O)[C@@H]5C[C@H](O)CN5C(=O)[C@H]([C@H](C)O)NC4=O)cc3)s2)cc1. The molecule has 36 heteroatoms. The van der Waals surface area contributed by atoms with Crippen LogP contribution in [0.4, 0.5) is 0 Å². The molecular weight excluding hydrogens is 1300 g/mol. The molecule has 516 valence electrons. The molecule has 4 heterocycles. The zero-order valence-electron chi connectivity index (χ0n) is 51.2. The minimum atomic E-state index is -4.90. The zero-order valence-corrected chi connectivity index (χ0v) is 53.7. The van der Waals surface area contributed by atoms with E-state index in [-0.39, 0.29) is 29.2 Å². The molecule has 13 atom stereocenters. The number of phenols is 1. The highest BCUT2D eigenvalue weighted by Gasteiger charge is 2.50. The second-order valence-corrected chi connectivity index (χ2v) is 25.5. The van der Waals surface area contributed by atoms with Crippen molar-refractivity contribution >= 4 is 75.3 Å². The first-order chi connectivity index (χ1) is 44.8. The number of hydrogen-bond donors (Lipinski definition) is 15. The van der Waals surface area contributed by atoms with E-state index >= 15 is 0 Å². The summed E-state index contributed by atoms with van der Waals surface area (Å²) in [5.74, 6) is -9.47. The number of ether oxygens (including phenoxy) is 2. The van der Waals surface area contributed by atoms with Crippen molar-refractivity contribution in [3.05, 3.63) is 77.9 Å². The van der Waals surface area contributed by atoms with Crippen molar-refractivity contribution in [2.75, 3.05) is 46.5 Å². The Labute approximate surface area is 548 Å². The van der Waals surface area contributed by atoms with Crippen molar-refractivity contribution in [2.24, 2.45) is 5.92 Å². The van der Waals surface area contributed by atoms with Crippen LogP contribution in [0.2, 0.25) is 0 Å². The number of aliphatic hydroxyl groups excluding tert-OH is 6. The summed E-state index contributed by atoms with van der Waals surface area (Å²) in [6, 6.07) is 5.00. The number of phenolic OH excluding ortho intramolecular Hbond substituents is 1. The standard InChI is InChI=1S/C58H78N10O23S3/c1-30-28-68-48(49(30)75)54(80)59-27-36(70)25-39(61-50(76)33-10-12-34(13-11-33)55-65-66-56(92-55)35-14-16-38(17-15-35)88-22-8-6-4-5-7-21-87-3)51(77)62-45(31(2)69)57(81)67-29-37(71)26-40(67)52(78)63-46(43(74)23-32-9-18-41(72)44(24-32)89-93-91-90-83)53(79)64-47(58(68)82)42(73)19-20-60-94(84,85)86/h9-18,24,30-31,36-37,39-40,42-43,45-49,60,69-75,83H,4-8,19-23,25-29H2,1-3H3,(H,59,80)(H,61,76)(H,62,77)(H,63,78)(H,64,79)(H,84,85,86)/t30-,31+,36+,37+,39+,40+,42-,43-,45+,46+,47+,48+,49+/m1/s1. The van der Waals surface area contributed by atoms with E-state index in [1.165, 1.54) is 36.5 Å². The average Bonchev–Trinajstić information content (AvgIpc) is 1.61. The molecular formula is C58H78N10O23S3. The van der Waals surface area contributed by atoms with E-state index in [1.54, 1.807) is 24.0 Å². The van der Waals surface area contributed by atoms with E-state index in [0.717, 1.165) is 73.1 Å². The van der Waals surface area contributed by atoms with Gasteiger partial charge in [-0.1, -0.05) is 65.1 Å². The highest BCUT2D eigenvalue weighted by atomic mass is 32.2. The Balaban J connectivity index is 1.16. The van der Waals surface area contributed by atoms with Gasteiger partial charge in [0.25, 0.3) is 18.2 Å². The van der Waals surface area contributed by atoms with Crippen molar-refractivity contribution in [3.63, 3.8) is 0 Å². The van der Waals surface area contributed by atoms with Crippen molar-refractivity contribution in [1.29, 1.82) is 0 Å². The predicted molar refractivity (Wildman–Crippen MR) is 331 cm³/mol. The third-order valence-corrected chi connectivity index (χ3v) is 17.8. The van der Waals surface area contributed by atoms with Crippen LogP contribution < -0.4 is 40.2 Å². The first kappa shape index (κ1) is 74.1. The van der Waals surface area contributed by atoms with Gasteiger partial charge in [0.2, 0.25) is 35.4 Å². The Morgan fingerprint density at radius 2 is 1.39 bits per heavy atom. The second-order valence-electron chi connectivity index (χ2n) is 22.9. The van der Waals surface area contributed by atoms with Gasteiger partial charge in [0, 0.05) is 81.8 Å². The summed E-state index contributed by atoms with van der Waals surface area (Å²) in [6.45, 7) is 1.29. The summed E-state index contributed by atoms with van der Waals surface area (Å²) in [5, 5.41) is 113. The van der Waals surface area contributed by atoms with Crippen LogP contribution in [0.15, 0.2) is 66.7 Å². The lowest BCUT2D eigenvalue weighted by Gasteiger charge is -2.34. The number of aromatic nitrogens is 2. The van der Waals surface area contributed by atoms with Crippen molar-refractivity contribution in [1.82, 2.24) is 51.3 Å². The third kappa shape index (κ3) is 20.6. The molecule has 94 heavy (non-hydrogen) atoms. The molecule has 0 saturated carbocycles. The molecule has 3 aliphatic rings. The van der Waals surface area contributed by atoms with E-state index < -0.39 is 188 Å². The molecule has 0 unspecified atom stereocenters. The molecule has 0 spiro atoms. The highest BCUT2D eigenvalue weighted by Crippen LogP contribution is 2.33. The monoisotopic (exact) mass is 1380 g/mol. The molecule has 3 fully saturated rings. The van der Waals surface area contributed by atoms with Gasteiger partial charge in [-0.2, -0.15) is 13.1 Å². The number of carbonyl (C=O) groups is 7. The zero-order chi connectivity index (χ0) is 68.4. The number of β-amino-alcohol motifs (C(OH)–C–C–N with tert-alkyl or cyclic N) is 1. The van der Waals surface area contributed by atoms with E-state index in [1.807, 2.05) is 24.3 Å². The molecule has 1 aromatic heterocycles. The number of hydrogen-bond acceptors (Lipinski definition) is 26. The van der Waals surface area contributed by atoms with Gasteiger partial charge in [-0.15, -0.1) is 10.2 Å². The molecule has 15 N–H and O–H groups in total. The Kier molecular flexibility index (Phi) is 27.6. The van der Waals surface area contributed by atoms with Crippen LogP contribution in [0.3, 0.4) is 0 Å². The Hall–Kier alpha value is -7.27. The van der Waals surface area contributed by atoms with Crippen molar-refractivity contribution in [2.45, 2.75) is 145 Å². The summed E-state index contributed by atoms with van der Waals surface area (Å²) >= 11 is 1.32. The van der Waals surface area contributed by atoms with Gasteiger partial charge in [-0.05, 0) is 80.3 Å². The number of amides is 7. The fourth-order valence-electron chi connectivity index (χ4n) is 10.8. The molecule has 7 amide bonds. The van der Waals surface area contributed by atoms with Crippen LogP contribution >= 0.6 is 23.7 Å². The van der Waals surface area contributed by atoms with Crippen LogP contribution in [-0.2, 0) is 59.6 Å². The van der Waals surface area contributed by atoms with Crippen LogP contribution in [0, 0.1) is 5.92 Å². The first-order valence-electron chi connectivity index (χ1n) is 30.0. The normalized spacial score (nSPS) is 24.6. The number of benzene rings is 3. The van der Waals surface area contributed by atoms with E-state index in [2.05, 4.69) is 46.2 Å². The van der Waals surface area contributed by atoms with E-state index in [0.29, 0.717) is 27.9 Å². The molecule has 3 aliphatic heterocycles. The summed E-state index contributed by atoms with van der Waals surface area (Å²) in [5.41, 5.74) is 1.39. The molecule has 3 aromatic carbocycles. The maximum Gasteiger partial charge on any atom is 0.333 e. The topological polar surface area (TPSA) is 486 Å². The van der Waals surface area contributed by atoms with Crippen LogP contribution in [-0.4, -0.2) is 235 Å². The third-order valence-electron chi connectivity index (χ3n) is 15.8. The lowest BCUT2D eigenvalue weighted by molar-refractivity contribution is -0.433. The number of rotatable bonds is 26. The minimum Gasteiger partial charge on any atom is -0.504 e. The number of carbonyl (C=O) groups excluding carboxylic acids is 7. The van der Waals surface area contributed by atoms with Gasteiger partial charge in [-0.3, -0.25) is 38.1 Å². The van der Waals surface area contributed by atoms with E-state index in [9.17, 15) is 82.3 Å². The van der Waals surface area contributed by atoms with Crippen LogP contribution in [0.25, 0.3) is 21.1 Å².